The molecule has 0 bridgehead atoms. The van der Waals surface area contributed by atoms with E-state index < -0.39 is 0 Å². The fourth-order valence-corrected chi connectivity index (χ4v) is 1.75. The van der Waals surface area contributed by atoms with Crippen LogP contribution in [-0.2, 0) is 6.54 Å². The van der Waals surface area contributed by atoms with Crippen molar-refractivity contribution in [1.29, 1.82) is 0 Å². The second kappa shape index (κ2) is 4.18. The highest BCUT2D eigenvalue weighted by atomic mass is 16.5. The zero-order chi connectivity index (χ0) is 11.7. The van der Waals surface area contributed by atoms with Crippen LogP contribution in [-0.4, -0.2) is 30.2 Å². The van der Waals surface area contributed by atoms with Gasteiger partial charge in [-0.3, -0.25) is 4.98 Å². The van der Waals surface area contributed by atoms with Gasteiger partial charge >= 0.3 is 0 Å². The molecule has 0 aromatic carbocycles. The summed E-state index contributed by atoms with van der Waals surface area (Å²) >= 11 is 0. The normalized spacial score (nSPS) is 17.4. The average molecular weight is 230 g/mol. The number of likely N-dealkylation sites (N-methyl/N-ethyl adjacent to an activating group) is 1. The van der Waals surface area contributed by atoms with Crippen LogP contribution < -0.4 is 15.0 Å². The van der Waals surface area contributed by atoms with E-state index in [-0.39, 0.29) is 0 Å². The molecular weight excluding hydrogens is 216 g/mol. The van der Waals surface area contributed by atoms with Crippen molar-refractivity contribution in [1.82, 2.24) is 15.3 Å². The van der Waals surface area contributed by atoms with Gasteiger partial charge in [-0.2, -0.15) is 4.98 Å². The Balaban J connectivity index is 1.89. The molecule has 0 atom stereocenters. The van der Waals surface area contributed by atoms with Crippen molar-refractivity contribution in [3.8, 4) is 5.88 Å². The van der Waals surface area contributed by atoms with Gasteiger partial charge in [-0.05, 0) is 12.2 Å². The zero-order valence-electron chi connectivity index (χ0n) is 9.68. The molecule has 88 valence electrons. The second-order valence-electron chi connectivity index (χ2n) is 4.01. The molecule has 2 heterocycles. The molecule has 0 fully saturated rings. The van der Waals surface area contributed by atoms with E-state index in [2.05, 4.69) is 15.3 Å². The number of nitrogens with zero attached hydrogens (tertiary/aromatic N) is 3. The topological polar surface area (TPSA) is 50.3 Å². The number of allylic oxidation sites excluding steroid dienone is 3. The highest BCUT2D eigenvalue weighted by Crippen LogP contribution is 2.23. The number of anilines is 1. The molecule has 1 aliphatic heterocycles. The van der Waals surface area contributed by atoms with Crippen LogP contribution in [0.3, 0.4) is 0 Å². The Bertz CT molecular complexity index is 495. The van der Waals surface area contributed by atoms with Gasteiger partial charge in [0.2, 0.25) is 5.88 Å². The lowest BCUT2D eigenvalue weighted by Crippen LogP contribution is -2.19. The lowest BCUT2D eigenvalue weighted by atomic mass is 10.2. The van der Waals surface area contributed by atoms with E-state index in [9.17, 15) is 0 Å². The van der Waals surface area contributed by atoms with Gasteiger partial charge in [-0.15, -0.1) is 0 Å². The number of hydrogen-bond acceptors (Lipinski definition) is 5. The van der Waals surface area contributed by atoms with E-state index in [4.69, 9.17) is 4.74 Å². The molecule has 3 rings (SSSR count). The fourth-order valence-electron chi connectivity index (χ4n) is 1.75. The van der Waals surface area contributed by atoms with E-state index in [1.165, 1.54) is 0 Å². The summed E-state index contributed by atoms with van der Waals surface area (Å²) in [5.74, 6) is 1.45. The van der Waals surface area contributed by atoms with E-state index in [0.717, 1.165) is 30.3 Å². The minimum absolute atomic E-state index is 0.636. The molecule has 0 unspecified atom stereocenters. The lowest BCUT2D eigenvalue weighted by Gasteiger charge is -2.22. The van der Waals surface area contributed by atoms with Gasteiger partial charge in [0, 0.05) is 25.8 Å². The first-order valence-corrected chi connectivity index (χ1v) is 5.66. The van der Waals surface area contributed by atoms with Crippen LogP contribution in [0, 0.1) is 0 Å². The monoisotopic (exact) mass is 230 g/mol. The third-order valence-electron chi connectivity index (χ3n) is 2.87. The Morgan fingerprint density at radius 2 is 2.35 bits per heavy atom. The van der Waals surface area contributed by atoms with Crippen LogP contribution in [0.1, 0.15) is 5.69 Å². The Kier molecular flexibility index (Phi) is 2.53. The predicted octanol–water partition coefficient (Wildman–Crippen LogP) is 0.848. The zero-order valence-corrected chi connectivity index (χ0v) is 9.68. The molecular formula is C12H14N4O. The van der Waals surface area contributed by atoms with Crippen LogP contribution >= 0.6 is 0 Å². The highest BCUT2D eigenvalue weighted by Gasteiger charge is 2.15. The molecule has 17 heavy (non-hydrogen) atoms. The van der Waals surface area contributed by atoms with Crippen molar-refractivity contribution in [3.63, 3.8) is 0 Å². The van der Waals surface area contributed by atoms with Gasteiger partial charge < -0.3 is 15.0 Å². The van der Waals surface area contributed by atoms with Crippen LogP contribution in [0.15, 0.2) is 30.1 Å². The predicted molar refractivity (Wildman–Crippen MR) is 64.9 cm³/mol. The van der Waals surface area contributed by atoms with Crippen LogP contribution in [0.25, 0.3) is 0 Å². The lowest BCUT2D eigenvalue weighted by molar-refractivity contribution is 0.313. The van der Waals surface area contributed by atoms with E-state index in [0.29, 0.717) is 12.5 Å². The number of aromatic nitrogens is 2. The number of fused-ring (bicyclic) bond motifs is 1. The van der Waals surface area contributed by atoms with Crippen molar-refractivity contribution >= 4 is 5.82 Å². The molecule has 0 saturated carbocycles. The maximum atomic E-state index is 5.57. The number of nitrogens with one attached hydrogen (secondary N) is 1. The Labute approximate surface area is 99.8 Å². The molecule has 0 amide bonds. The standard InChI is InChI=1S/C12H14N4O/c1-16(9-3-2-4-9)11-8-14-10-7-13-5-6-17-12(10)15-11/h2-4,8,13H,5-7H2,1H3. The maximum Gasteiger partial charge on any atom is 0.239 e. The Morgan fingerprint density at radius 3 is 3.12 bits per heavy atom. The van der Waals surface area contributed by atoms with Crippen LogP contribution in [0.2, 0.25) is 0 Å². The molecule has 5 heteroatoms. The van der Waals surface area contributed by atoms with Crippen molar-refractivity contribution in [3.05, 3.63) is 35.8 Å². The molecule has 1 aromatic rings. The fraction of sp³-hybridized carbons (Fsp3) is 0.333. The van der Waals surface area contributed by atoms with Crippen molar-refractivity contribution in [2.75, 3.05) is 25.1 Å². The van der Waals surface area contributed by atoms with Crippen molar-refractivity contribution in [2.45, 2.75) is 6.54 Å². The first kappa shape index (κ1) is 10.3. The second-order valence-corrected chi connectivity index (χ2v) is 4.01. The average Bonchev–Trinajstić information content (AvgIpc) is 2.50. The van der Waals surface area contributed by atoms with Gasteiger partial charge in [0.25, 0.3) is 0 Å². The third-order valence-corrected chi connectivity index (χ3v) is 2.87. The molecule has 1 aromatic heterocycles. The minimum Gasteiger partial charge on any atom is -0.475 e. The smallest absolute Gasteiger partial charge is 0.239 e. The first-order valence-electron chi connectivity index (χ1n) is 5.66. The van der Waals surface area contributed by atoms with Crippen LogP contribution in [0.5, 0.6) is 5.88 Å². The number of hydrogen-bond donors (Lipinski definition) is 1. The molecule has 5 nitrogen and oxygen atoms in total. The molecule has 0 spiro atoms. The van der Waals surface area contributed by atoms with Crippen molar-refractivity contribution < 1.29 is 4.74 Å². The largest absolute Gasteiger partial charge is 0.475 e. The summed E-state index contributed by atoms with van der Waals surface area (Å²) in [6.07, 6.45) is 7.86. The molecule has 2 aliphatic rings. The summed E-state index contributed by atoms with van der Waals surface area (Å²) in [4.78, 5) is 10.9. The van der Waals surface area contributed by atoms with Gasteiger partial charge in [0.1, 0.15) is 12.3 Å². The SMILES string of the molecule is CN(C1=CC=C1)c1cnc2c(n1)OCCNC2. The molecule has 0 saturated heterocycles. The van der Waals surface area contributed by atoms with Gasteiger partial charge in [0.15, 0.2) is 5.82 Å². The summed E-state index contributed by atoms with van der Waals surface area (Å²) < 4.78 is 5.57. The van der Waals surface area contributed by atoms with Crippen LogP contribution in [0.4, 0.5) is 5.82 Å². The summed E-state index contributed by atoms with van der Waals surface area (Å²) in [6, 6.07) is 0. The molecule has 0 radical (unpaired) electrons. The Morgan fingerprint density at radius 1 is 1.47 bits per heavy atom. The summed E-state index contributed by atoms with van der Waals surface area (Å²) in [5, 5.41) is 3.23. The minimum atomic E-state index is 0.636. The van der Waals surface area contributed by atoms with Gasteiger partial charge in [-0.1, -0.05) is 6.08 Å². The number of rotatable bonds is 2. The van der Waals surface area contributed by atoms with E-state index >= 15 is 0 Å². The number of ether oxygens (including phenoxy) is 1. The maximum absolute atomic E-state index is 5.57. The van der Waals surface area contributed by atoms with Crippen molar-refractivity contribution in [2.24, 2.45) is 0 Å². The molecule has 1 aliphatic carbocycles. The van der Waals surface area contributed by atoms with Gasteiger partial charge in [0.05, 0.1) is 6.20 Å². The summed E-state index contributed by atoms with van der Waals surface area (Å²) in [7, 11) is 1.97. The van der Waals surface area contributed by atoms with E-state index in [1.807, 2.05) is 30.2 Å². The summed E-state index contributed by atoms with van der Waals surface area (Å²) in [6.45, 7) is 2.18. The summed E-state index contributed by atoms with van der Waals surface area (Å²) in [5.41, 5.74) is 2.00. The van der Waals surface area contributed by atoms with Gasteiger partial charge in [-0.25, -0.2) is 0 Å². The quantitative estimate of drug-likeness (QED) is 0.816. The third kappa shape index (κ3) is 1.89. The molecule has 1 N–H and O–H groups in total. The van der Waals surface area contributed by atoms with E-state index in [1.54, 1.807) is 6.20 Å². The highest BCUT2D eigenvalue weighted by molar-refractivity contribution is 5.53. The first-order chi connectivity index (χ1) is 8.34. The Hall–Kier alpha value is -1.88.